The lowest BCUT2D eigenvalue weighted by molar-refractivity contribution is -0.140. The Bertz CT molecular complexity index is 1450. The molecule has 3 rings (SSSR count). The van der Waals surface area contributed by atoms with Crippen molar-refractivity contribution in [2.45, 2.75) is 57.5 Å². The van der Waals surface area contributed by atoms with E-state index in [1.165, 1.54) is 48.4 Å². The third kappa shape index (κ3) is 8.93. The van der Waals surface area contributed by atoms with Crippen LogP contribution < -0.4 is 19.1 Å². The first-order valence-corrected chi connectivity index (χ1v) is 15.8. The number of benzene rings is 3. The van der Waals surface area contributed by atoms with Crippen LogP contribution in [-0.4, -0.2) is 58.0 Å². The van der Waals surface area contributed by atoms with Crippen LogP contribution in [-0.2, 0) is 26.2 Å². The molecule has 3 aromatic carbocycles. The average Bonchev–Trinajstić information content (AvgIpc) is 3.00. The molecule has 0 aliphatic carbocycles. The highest BCUT2D eigenvalue weighted by atomic mass is 32.2. The summed E-state index contributed by atoms with van der Waals surface area (Å²) in [5.41, 5.74) is 0.806. The van der Waals surface area contributed by atoms with Gasteiger partial charge in [0.15, 0.2) is 0 Å². The van der Waals surface area contributed by atoms with Crippen molar-refractivity contribution in [3.05, 3.63) is 84.2 Å². The number of methoxy groups -OCH3 is 1. The highest BCUT2D eigenvalue weighted by Crippen LogP contribution is 2.27. The molecule has 9 nitrogen and oxygen atoms in total. The summed E-state index contributed by atoms with van der Waals surface area (Å²) in [5, 5.41) is 2.90. The normalized spacial score (nSPS) is 11.8. The predicted molar refractivity (Wildman–Crippen MR) is 164 cm³/mol. The number of rotatable bonds is 16. The second-order valence-corrected chi connectivity index (χ2v) is 11.7. The third-order valence-electron chi connectivity index (χ3n) is 6.82. The van der Waals surface area contributed by atoms with E-state index < -0.39 is 34.3 Å². The molecule has 0 bridgehead atoms. The number of anilines is 1. The molecule has 0 saturated carbocycles. The van der Waals surface area contributed by atoms with Crippen molar-refractivity contribution in [1.82, 2.24) is 10.2 Å². The van der Waals surface area contributed by atoms with E-state index >= 15 is 0 Å². The standard InChI is InChI=1S/C32H40FN3O6S/c1-5-8-20-34-32(38)30(6-2)35(22-24-10-9-11-28(21-24)41-4)31(37)23-36(26-14-12-25(33)13-15-26)43(39,40)29-18-16-27(17-19-29)42-7-3/h9-19,21,30H,5-8,20,22-23H2,1-4H3,(H,34,38). The Hall–Kier alpha value is -4.12. The Labute approximate surface area is 253 Å². The van der Waals surface area contributed by atoms with E-state index in [2.05, 4.69) is 5.32 Å². The van der Waals surface area contributed by atoms with Crippen molar-refractivity contribution in [2.24, 2.45) is 0 Å². The van der Waals surface area contributed by atoms with E-state index in [0.717, 1.165) is 29.3 Å². The highest BCUT2D eigenvalue weighted by molar-refractivity contribution is 7.92. The highest BCUT2D eigenvalue weighted by Gasteiger charge is 2.33. The number of sulfonamides is 1. The summed E-state index contributed by atoms with van der Waals surface area (Å²) in [4.78, 5) is 28.7. The fourth-order valence-corrected chi connectivity index (χ4v) is 5.95. The van der Waals surface area contributed by atoms with Crippen LogP contribution >= 0.6 is 0 Å². The van der Waals surface area contributed by atoms with Gasteiger partial charge in [0.05, 0.1) is 24.3 Å². The Morgan fingerprint density at radius 1 is 0.953 bits per heavy atom. The van der Waals surface area contributed by atoms with Crippen molar-refractivity contribution < 1.29 is 31.9 Å². The molecule has 43 heavy (non-hydrogen) atoms. The summed E-state index contributed by atoms with van der Waals surface area (Å²) in [7, 11) is -2.76. The second-order valence-electron chi connectivity index (χ2n) is 9.83. The fourth-order valence-electron chi connectivity index (χ4n) is 4.53. The van der Waals surface area contributed by atoms with E-state index in [4.69, 9.17) is 9.47 Å². The van der Waals surface area contributed by atoms with Crippen LogP contribution in [0.25, 0.3) is 0 Å². The molecule has 0 aliphatic heterocycles. The Balaban J connectivity index is 2.03. The van der Waals surface area contributed by atoms with Gasteiger partial charge in [-0.3, -0.25) is 13.9 Å². The number of amides is 2. The maximum absolute atomic E-state index is 14.1. The summed E-state index contributed by atoms with van der Waals surface area (Å²) < 4.78 is 53.5. The van der Waals surface area contributed by atoms with Gasteiger partial charge >= 0.3 is 0 Å². The van der Waals surface area contributed by atoms with Gasteiger partial charge in [-0.25, -0.2) is 12.8 Å². The van der Waals surface area contributed by atoms with Gasteiger partial charge in [-0.2, -0.15) is 0 Å². The van der Waals surface area contributed by atoms with Crippen molar-refractivity contribution in [3.63, 3.8) is 0 Å². The summed E-state index contributed by atoms with van der Waals surface area (Å²) >= 11 is 0. The van der Waals surface area contributed by atoms with Gasteiger partial charge in [-0.15, -0.1) is 0 Å². The van der Waals surface area contributed by atoms with Crippen LogP contribution in [0.5, 0.6) is 11.5 Å². The first-order chi connectivity index (χ1) is 20.6. The van der Waals surface area contributed by atoms with Gasteiger partial charge in [-0.1, -0.05) is 32.4 Å². The zero-order valence-corrected chi connectivity index (χ0v) is 25.9. The van der Waals surface area contributed by atoms with Crippen LogP contribution in [0.4, 0.5) is 10.1 Å². The van der Waals surface area contributed by atoms with Gasteiger partial charge in [0.1, 0.15) is 29.9 Å². The van der Waals surface area contributed by atoms with Crippen LogP contribution in [0.2, 0.25) is 0 Å². The first-order valence-electron chi connectivity index (χ1n) is 14.4. The second kappa shape index (κ2) is 15.9. The number of nitrogens with one attached hydrogen (secondary N) is 1. The average molecular weight is 614 g/mol. The molecule has 1 atom stereocenters. The monoisotopic (exact) mass is 613 g/mol. The zero-order valence-electron chi connectivity index (χ0n) is 25.1. The number of carbonyl (C=O) groups is 2. The summed E-state index contributed by atoms with van der Waals surface area (Å²) in [5.74, 6) is -0.399. The molecule has 1 N–H and O–H groups in total. The van der Waals surface area contributed by atoms with E-state index in [-0.39, 0.29) is 23.0 Å². The topological polar surface area (TPSA) is 105 Å². The molecule has 0 aromatic heterocycles. The third-order valence-corrected chi connectivity index (χ3v) is 8.61. The Kier molecular flexibility index (Phi) is 12.4. The van der Waals surface area contributed by atoms with Gasteiger partial charge in [0, 0.05) is 13.1 Å². The van der Waals surface area contributed by atoms with E-state index in [1.54, 1.807) is 31.2 Å². The van der Waals surface area contributed by atoms with Crippen LogP contribution in [0.15, 0.2) is 77.7 Å². The number of halogens is 1. The summed E-state index contributed by atoms with van der Waals surface area (Å²) in [6.07, 6.45) is 1.97. The molecular weight excluding hydrogens is 573 g/mol. The van der Waals surface area contributed by atoms with Crippen molar-refractivity contribution in [3.8, 4) is 11.5 Å². The minimum Gasteiger partial charge on any atom is -0.497 e. The first kappa shape index (κ1) is 33.4. The van der Waals surface area contributed by atoms with Crippen molar-refractivity contribution >= 4 is 27.5 Å². The maximum atomic E-state index is 14.1. The van der Waals surface area contributed by atoms with Gasteiger partial charge < -0.3 is 19.7 Å². The van der Waals surface area contributed by atoms with Crippen LogP contribution in [0, 0.1) is 5.82 Å². The van der Waals surface area contributed by atoms with Gasteiger partial charge in [0.25, 0.3) is 10.0 Å². The van der Waals surface area contributed by atoms with Gasteiger partial charge in [0.2, 0.25) is 11.8 Å². The molecular formula is C32H40FN3O6S. The lowest BCUT2D eigenvalue weighted by atomic mass is 10.1. The fraction of sp³-hybridized carbons (Fsp3) is 0.375. The van der Waals surface area contributed by atoms with Gasteiger partial charge in [-0.05, 0) is 86.0 Å². The molecule has 0 heterocycles. The van der Waals surface area contributed by atoms with E-state index in [1.807, 2.05) is 13.8 Å². The number of carbonyl (C=O) groups excluding carboxylic acids is 2. The summed E-state index contributed by atoms with van der Waals surface area (Å²) in [6.45, 7) is 5.91. The number of ether oxygens (including phenoxy) is 2. The molecule has 1 unspecified atom stereocenters. The predicted octanol–water partition coefficient (Wildman–Crippen LogP) is 5.15. The van der Waals surface area contributed by atoms with Crippen LogP contribution in [0.3, 0.4) is 0 Å². The SMILES string of the molecule is CCCCNC(=O)C(CC)N(Cc1cccc(OC)c1)C(=O)CN(c1ccc(F)cc1)S(=O)(=O)c1ccc(OCC)cc1. The molecule has 0 radical (unpaired) electrons. The summed E-state index contributed by atoms with van der Waals surface area (Å²) in [6, 6.07) is 17.0. The maximum Gasteiger partial charge on any atom is 0.264 e. The quantitative estimate of drug-likeness (QED) is 0.224. The number of unbranched alkanes of at least 4 members (excludes halogenated alkanes) is 1. The van der Waals surface area contributed by atoms with E-state index in [9.17, 15) is 22.4 Å². The van der Waals surface area contributed by atoms with Crippen LogP contribution in [0.1, 0.15) is 45.6 Å². The molecule has 0 spiro atoms. The number of hydrogen-bond donors (Lipinski definition) is 1. The molecule has 232 valence electrons. The number of hydrogen-bond acceptors (Lipinski definition) is 6. The minimum absolute atomic E-state index is 0.0378. The molecule has 2 amide bonds. The number of nitrogens with zero attached hydrogens (tertiary/aromatic N) is 2. The van der Waals surface area contributed by atoms with E-state index in [0.29, 0.717) is 36.6 Å². The molecule has 0 aliphatic rings. The molecule has 3 aromatic rings. The molecule has 11 heteroatoms. The lowest BCUT2D eigenvalue weighted by Gasteiger charge is -2.33. The van der Waals surface area contributed by atoms with Crippen molar-refractivity contribution in [2.75, 3.05) is 31.1 Å². The Morgan fingerprint density at radius 2 is 1.65 bits per heavy atom. The minimum atomic E-state index is -4.29. The van der Waals surface area contributed by atoms with Crippen molar-refractivity contribution in [1.29, 1.82) is 0 Å². The smallest absolute Gasteiger partial charge is 0.264 e. The Morgan fingerprint density at radius 3 is 2.26 bits per heavy atom. The zero-order chi connectivity index (χ0) is 31.4. The molecule has 0 saturated heterocycles. The lowest BCUT2D eigenvalue weighted by Crippen LogP contribution is -2.52. The molecule has 0 fully saturated rings. The largest absolute Gasteiger partial charge is 0.497 e.